The Hall–Kier alpha value is -3.10. The summed E-state index contributed by atoms with van der Waals surface area (Å²) in [5, 5.41) is 6.29. The van der Waals surface area contributed by atoms with Gasteiger partial charge in [-0.05, 0) is 42.3 Å². The predicted octanol–water partition coefficient (Wildman–Crippen LogP) is 3.63. The van der Waals surface area contributed by atoms with Gasteiger partial charge in [0.05, 0.1) is 23.9 Å². The minimum Gasteiger partial charge on any atom is -0.350 e. The van der Waals surface area contributed by atoms with Crippen molar-refractivity contribution in [2.24, 2.45) is 0 Å². The molecule has 2 N–H and O–H groups in total. The van der Waals surface area contributed by atoms with Crippen LogP contribution in [0, 0.1) is 5.82 Å². The van der Waals surface area contributed by atoms with Gasteiger partial charge >= 0.3 is 6.03 Å². The molecular weight excluding hydrogens is 470 g/mol. The molecule has 0 aromatic heterocycles. The van der Waals surface area contributed by atoms with E-state index in [-0.39, 0.29) is 31.6 Å². The van der Waals surface area contributed by atoms with Crippen molar-refractivity contribution >= 4 is 41.0 Å². The highest BCUT2D eigenvalue weighted by atomic mass is 35.5. The molecule has 2 aliphatic heterocycles. The number of benzene rings is 2. The highest BCUT2D eigenvalue weighted by molar-refractivity contribution is 6.35. The number of urea groups is 1. The van der Waals surface area contributed by atoms with Gasteiger partial charge < -0.3 is 15.5 Å². The number of carbonyl (C=O) groups excluding carboxylic acids is 3. The van der Waals surface area contributed by atoms with E-state index in [2.05, 4.69) is 10.6 Å². The second-order valence-corrected chi connectivity index (χ2v) is 8.56. The molecule has 2 heterocycles. The molecule has 1 atom stereocenters. The minimum absolute atomic E-state index is 0.116. The number of likely N-dealkylation sites (N-methyl/N-ethyl adjacent to an activating group) is 1. The monoisotopic (exact) mass is 490 g/mol. The smallest absolute Gasteiger partial charge is 0.322 e. The van der Waals surface area contributed by atoms with Crippen LogP contribution in [0.5, 0.6) is 0 Å². The molecule has 4 amide bonds. The van der Waals surface area contributed by atoms with Crippen LogP contribution in [0.3, 0.4) is 0 Å². The van der Waals surface area contributed by atoms with E-state index in [1.807, 2.05) is 0 Å². The number of halogens is 3. The molecule has 2 aliphatic rings. The maximum Gasteiger partial charge on any atom is 0.322 e. The summed E-state index contributed by atoms with van der Waals surface area (Å²) in [4.78, 5) is 41.4. The first-order chi connectivity index (χ1) is 15.8. The first kappa shape index (κ1) is 23.1. The Kier molecular flexibility index (Phi) is 6.58. The number of hydrogen-bond donors (Lipinski definition) is 2. The van der Waals surface area contributed by atoms with E-state index in [4.69, 9.17) is 23.2 Å². The van der Waals surface area contributed by atoms with Gasteiger partial charge in [-0.15, -0.1) is 0 Å². The number of rotatable bonds is 6. The lowest BCUT2D eigenvalue weighted by Gasteiger charge is -2.33. The van der Waals surface area contributed by atoms with Gasteiger partial charge in [-0.25, -0.2) is 9.18 Å². The number of nitrogens with one attached hydrogen (secondary N) is 2. The average Bonchev–Trinajstić information content (AvgIpc) is 3.08. The first-order valence-electron chi connectivity index (χ1n) is 10.3. The van der Waals surface area contributed by atoms with Crippen molar-refractivity contribution in [3.63, 3.8) is 0 Å². The summed E-state index contributed by atoms with van der Waals surface area (Å²) in [6, 6.07) is 9.66. The molecule has 4 rings (SSSR count). The van der Waals surface area contributed by atoms with Gasteiger partial charge in [0, 0.05) is 23.1 Å². The van der Waals surface area contributed by atoms with Crippen LogP contribution in [0.25, 0.3) is 0 Å². The third-order valence-electron chi connectivity index (χ3n) is 5.60. The highest BCUT2D eigenvalue weighted by Gasteiger charge is 2.44. The molecular formula is C23H21Cl2FN4O3. The SMILES string of the molecule is CCN1C(=O)NC(c2ccc(Cl)cc2Cl)C2=C1CN(CC(=O)NCc1cccc(F)c1)C2=O. The number of amides is 4. The fourth-order valence-corrected chi connectivity index (χ4v) is 4.57. The lowest BCUT2D eigenvalue weighted by atomic mass is 9.95. The Labute approximate surface area is 200 Å². The van der Waals surface area contributed by atoms with Crippen LogP contribution in [0.2, 0.25) is 10.0 Å². The normalized spacial score (nSPS) is 17.9. The topological polar surface area (TPSA) is 81.8 Å². The van der Waals surface area contributed by atoms with Crippen molar-refractivity contribution < 1.29 is 18.8 Å². The third-order valence-corrected chi connectivity index (χ3v) is 6.16. The van der Waals surface area contributed by atoms with Gasteiger partial charge in [-0.3, -0.25) is 14.5 Å². The van der Waals surface area contributed by atoms with E-state index < -0.39 is 17.8 Å². The van der Waals surface area contributed by atoms with Crippen LogP contribution in [0.1, 0.15) is 24.1 Å². The zero-order chi connectivity index (χ0) is 23.7. The number of hydrogen-bond acceptors (Lipinski definition) is 3. The molecule has 1 unspecified atom stereocenters. The van der Waals surface area contributed by atoms with Crippen molar-refractivity contribution in [2.45, 2.75) is 19.5 Å². The zero-order valence-electron chi connectivity index (χ0n) is 17.7. The fraction of sp³-hybridized carbons (Fsp3) is 0.261. The van der Waals surface area contributed by atoms with Crippen LogP contribution in [0.4, 0.5) is 9.18 Å². The highest BCUT2D eigenvalue weighted by Crippen LogP contribution is 2.39. The van der Waals surface area contributed by atoms with Crippen LogP contribution in [0.15, 0.2) is 53.7 Å². The van der Waals surface area contributed by atoms with Crippen molar-refractivity contribution in [1.82, 2.24) is 20.4 Å². The van der Waals surface area contributed by atoms with E-state index in [0.29, 0.717) is 39.0 Å². The quantitative estimate of drug-likeness (QED) is 0.648. The van der Waals surface area contributed by atoms with Crippen molar-refractivity contribution in [1.29, 1.82) is 0 Å². The van der Waals surface area contributed by atoms with Gasteiger partial charge in [0.15, 0.2) is 0 Å². The van der Waals surface area contributed by atoms with Gasteiger partial charge in [-0.1, -0.05) is 41.4 Å². The van der Waals surface area contributed by atoms with Crippen LogP contribution < -0.4 is 10.6 Å². The molecule has 7 nitrogen and oxygen atoms in total. The Morgan fingerprint density at radius 2 is 2.00 bits per heavy atom. The molecule has 0 saturated heterocycles. The first-order valence-corrected chi connectivity index (χ1v) is 11.1. The molecule has 0 fully saturated rings. The van der Waals surface area contributed by atoms with E-state index in [1.165, 1.54) is 21.9 Å². The summed E-state index contributed by atoms with van der Waals surface area (Å²) >= 11 is 12.4. The second kappa shape index (κ2) is 9.41. The molecule has 172 valence electrons. The summed E-state index contributed by atoms with van der Waals surface area (Å²) in [5.74, 6) is -1.15. The van der Waals surface area contributed by atoms with Crippen LogP contribution in [-0.2, 0) is 16.1 Å². The average molecular weight is 491 g/mol. The van der Waals surface area contributed by atoms with E-state index >= 15 is 0 Å². The zero-order valence-corrected chi connectivity index (χ0v) is 19.2. The molecule has 2 aromatic carbocycles. The van der Waals surface area contributed by atoms with E-state index in [0.717, 1.165) is 0 Å². The summed E-state index contributed by atoms with van der Waals surface area (Å²) in [7, 11) is 0. The van der Waals surface area contributed by atoms with Crippen LogP contribution >= 0.6 is 23.2 Å². The third kappa shape index (κ3) is 4.67. The van der Waals surface area contributed by atoms with E-state index in [9.17, 15) is 18.8 Å². The van der Waals surface area contributed by atoms with Crippen molar-refractivity contribution in [2.75, 3.05) is 19.6 Å². The van der Waals surface area contributed by atoms with Gasteiger partial charge in [0.25, 0.3) is 5.91 Å². The Bertz CT molecular complexity index is 1170. The summed E-state index contributed by atoms with van der Waals surface area (Å²) in [6.45, 7) is 2.21. The lowest BCUT2D eigenvalue weighted by molar-refractivity contribution is -0.132. The van der Waals surface area contributed by atoms with Crippen LogP contribution in [-0.4, -0.2) is 47.3 Å². The molecule has 10 heteroatoms. The standard InChI is InChI=1S/C23H21Cl2FN4O3/c1-2-30-18-11-29(12-19(31)27-10-13-4-3-5-15(26)8-13)22(32)20(18)21(28-23(30)33)16-7-6-14(24)9-17(16)25/h3-9,21H,2,10-12H2,1H3,(H,27,31)(H,28,33). The van der Waals surface area contributed by atoms with Crippen molar-refractivity contribution in [3.8, 4) is 0 Å². The number of nitrogens with zero attached hydrogens (tertiary/aromatic N) is 2. The van der Waals surface area contributed by atoms with Gasteiger partial charge in [-0.2, -0.15) is 0 Å². The second-order valence-electron chi connectivity index (χ2n) is 7.72. The predicted molar refractivity (Wildman–Crippen MR) is 122 cm³/mol. The van der Waals surface area contributed by atoms with Gasteiger partial charge in [0.1, 0.15) is 12.4 Å². The van der Waals surface area contributed by atoms with Gasteiger partial charge in [0.2, 0.25) is 5.91 Å². The molecule has 2 aromatic rings. The Morgan fingerprint density at radius 1 is 1.21 bits per heavy atom. The molecule has 0 spiro atoms. The van der Waals surface area contributed by atoms with E-state index in [1.54, 1.807) is 37.3 Å². The maximum absolute atomic E-state index is 13.3. The molecule has 0 bridgehead atoms. The fourth-order valence-electron chi connectivity index (χ4n) is 4.06. The molecule has 33 heavy (non-hydrogen) atoms. The maximum atomic E-state index is 13.3. The summed E-state index contributed by atoms with van der Waals surface area (Å²) < 4.78 is 13.3. The Morgan fingerprint density at radius 3 is 2.70 bits per heavy atom. The van der Waals surface area contributed by atoms with Crippen molar-refractivity contribution in [3.05, 3.63) is 80.7 Å². The summed E-state index contributed by atoms with van der Waals surface area (Å²) in [6.07, 6.45) is 0. The molecule has 0 radical (unpaired) electrons. The summed E-state index contributed by atoms with van der Waals surface area (Å²) in [5.41, 5.74) is 2.07. The molecule has 0 saturated carbocycles. The Balaban J connectivity index is 1.53. The molecule has 0 aliphatic carbocycles. The lowest BCUT2D eigenvalue weighted by Crippen LogP contribution is -2.47. The largest absolute Gasteiger partial charge is 0.350 e. The minimum atomic E-state index is -0.757. The number of carbonyl (C=O) groups is 3.